The van der Waals surface area contributed by atoms with E-state index in [1.807, 2.05) is 5.57 Å². The number of hydrogen-bond acceptors (Lipinski definition) is 0. The molecule has 256 valence electrons. The van der Waals surface area contributed by atoms with Crippen molar-refractivity contribution >= 4 is 0 Å². The maximum absolute atomic E-state index is 2.91. The van der Waals surface area contributed by atoms with Gasteiger partial charge in [-0.1, -0.05) is 100 Å². The fraction of sp³-hybridized carbons (Fsp3) is 0.870. The van der Waals surface area contributed by atoms with Crippen molar-refractivity contribution in [1.82, 2.24) is 0 Å². The van der Waals surface area contributed by atoms with Gasteiger partial charge in [-0.05, 0) is 186 Å². The highest BCUT2D eigenvalue weighted by atomic mass is 14.6. The van der Waals surface area contributed by atoms with Gasteiger partial charge in [0.15, 0.2) is 0 Å². The van der Waals surface area contributed by atoms with Gasteiger partial charge >= 0.3 is 0 Å². The fourth-order valence-electron chi connectivity index (χ4n) is 14.9. The monoisotopic (exact) mass is 625 g/mol. The molecule has 0 bridgehead atoms. The molecule has 5 saturated carbocycles. The Morgan fingerprint density at radius 2 is 1.28 bits per heavy atom. The second kappa shape index (κ2) is 14.6. The van der Waals surface area contributed by atoms with Crippen molar-refractivity contribution < 1.29 is 0 Å². The van der Waals surface area contributed by atoms with Crippen LogP contribution in [0, 0.1) is 82.9 Å². The van der Waals surface area contributed by atoms with E-state index in [0.717, 1.165) is 82.9 Å². The summed E-state index contributed by atoms with van der Waals surface area (Å²) in [6.07, 6.45) is 47.4. The number of hydrogen-bond donors (Lipinski definition) is 0. The lowest BCUT2D eigenvalue weighted by atomic mass is 9.62. The van der Waals surface area contributed by atoms with Crippen molar-refractivity contribution in [2.24, 2.45) is 82.9 Å². The molecule has 8 aliphatic carbocycles. The molecular formula is C46H72. The van der Waals surface area contributed by atoms with Gasteiger partial charge in [0.25, 0.3) is 0 Å². The Morgan fingerprint density at radius 1 is 0.587 bits per heavy atom. The van der Waals surface area contributed by atoms with Gasteiger partial charge in [0.05, 0.1) is 0 Å². The molecule has 12 unspecified atom stereocenters. The lowest BCUT2D eigenvalue weighted by molar-refractivity contribution is 0.116. The van der Waals surface area contributed by atoms with E-state index in [1.54, 1.807) is 56.9 Å². The third kappa shape index (κ3) is 6.58. The van der Waals surface area contributed by atoms with E-state index in [1.165, 1.54) is 103 Å². The fourth-order valence-corrected chi connectivity index (χ4v) is 14.9. The maximum atomic E-state index is 2.91. The van der Waals surface area contributed by atoms with Crippen LogP contribution in [0.25, 0.3) is 0 Å². The molecule has 0 spiro atoms. The SMILES string of the molecule is CC1=CCC([C@@H](C2=CCC(C3C4CCCCC4C4CCCCC43)CC2)C2C=CC(CC3CCCCC3C3CCCC3C)CC2)CC1. The van der Waals surface area contributed by atoms with Crippen LogP contribution in [0.2, 0.25) is 0 Å². The van der Waals surface area contributed by atoms with Crippen LogP contribution >= 0.6 is 0 Å². The van der Waals surface area contributed by atoms with Crippen molar-refractivity contribution in [2.75, 3.05) is 0 Å². The Morgan fingerprint density at radius 3 is 1.89 bits per heavy atom. The standard InChI is InChI=1S/C46H72/c1-31-18-22-34(23-19-31)45(35-24-20-33(21-25-35)30-38-11-3-4-12-40(38)39-17-9-10-32(39)2)36-26-28-37(29-27-36)46-43-15-7-5-13-41(43)42-14-6-8-16-44(42)46/h18,20,24,26,32-35,37-46H,3-17,19,21-23,25,27-30H2,1-2H3/t32?,33?,34?,35?,37?,38?,39?,40?,41?,42?,43?,44?,45-,46?/m1/s1. The van der Waals surface area contributed by atoms with Gasteiger partial charge in [0.1, 0.15) is 0 Å². The van der Waals surface area contributed by atoms with Crippen molar-refractivity contribution in [3.8, 4) is 0 Å². The summed E-state index contributed by atoms with van der Waals surface area (Å²) < 4.78 is 0. The number of rotatable bonds is 7. The Bertz CT molecular complexity index is 1080. The summed E-state index contributed by atoms with van der Waals surface area (Å²) in [7, 11) is 0. The van der Waals surface area contributed by atoms with Crippen LogP contribution in [0.3, 0.4) is 0 Å². The lowest BCUT2D eigenvalue weighted by Crippen LogP contribution is -2.33. The zero-order valence-corrected chi connectivity index (χ0v) is 30.4. The first-order valence-electron chi connectivity index (χ1n) is 21.7. The second-order valence-corrected chi connectivity index (χ2v) is 19.1. The van der Waals surface area contributed by atoms with Crippen LogP contribution in [0.15, 0.2) is 35.5 Å². The van der Waals surface area contributed by atoms with Crippen LogP contribution in [0.4, 0.5) is 0 Å². The highest BCUT2D eigenvalue weighted by Crippen LogP contribution is 2.61. The maximum Gasteiger partial charge on any atom is -0.0109 e. The predicted octanol–water partition coefficient (Wildman–Crippen LogP) is 13.5. The minimum Gasteiger partial charge on any atom is -0.0853 e. The van der Waals surface area contributed by atoms with Gasteiger partial charge in [-0.3, -0.25) is 0 Å². The molecule has 0 aliphatic heterocycles. The molecule has 0 heteroatoms. The van der Waals surface area contributed by atoms with Gasteiger partial charge in [0, 0.05) is 0 Å². The molecule has 46 heavy (non-hydrogen) atoms. The molecule has 13 atom stereocenters. The first kappa shape index (κ1) is 32.4. The minimum atomic E-state index is 0.810. The topological polar surface area (TPSA) is 0 Å². The second-order valence-electron chi connectivity index (χ2n) is 19.1. The zero-order valence-electron chi connectivity index (χ0n) is 30.4. The van der Waals surface area contributed by atoms with E-state index in [9.17, 15) is 0 Å². The van der Waals surface area contributed by atoms with Crippen LogP contribution in [0.5, 0.6) is 0 Å². The van der Waals surface area contributed by atoms with Gasteiger partial charge < -0.3 is 0 Å². The van der Waals surface area contributed by atoms with E-state index >= 15 is 0 Å². The van der Waals surface area contributed by atoms with E-state index in [2.05, 4.69) is 38.2 Å². The Labute approximate surface area is 285 Å². The predicted molar refractivity (Wildman–Crippen MR) is 196 cm³/mol. The Kier molecular flexibility index (Phi) is 10.3. The van der Waals surface area contributed by atoms with Crippen LogP contribution < -0.4 is 0 Å². The molecule has 0 saturated heterocycles. The highest BCUT2D eigenvalue weighted by Gasteiger charge is 2.53. The number of fused-ring (bicyclic) bond motifs is 3. The van der Waals surface area contributed by atoms with Crippen LogP contribution in [-0.2, 0) is 0 Å². The van der Waals surface area contributed by atoms with Gasteiger partial charge in [-0.15, -0.1) is 0 Å². The molecule has 8 rings (SSSR count). The quantitative estimate of drug-likeness (QED) is 0.247. The largest absolute Gasteiger partial charge is 0.0853 e. The first-order chi connectivity index (χ1) is 22.6. The van der Waals surface area contributed by atoms with E-state index in [4.69, 9.17) is 0 Å². The summed E-state index contributed by atoms with van der Waals surface area (Å²) in [5.41, 5.74) is 3.60. The van der Waals surface area contributed by atoms with E-state index in [0.29, 0.717) is 0 Å². The van der Waals surface area contributed by atoms with E-state index < -0.39 is 0 Å². The summed E-state index contributed by atoms with van der Waals surface area (Å²) in [6.45, 7) is 4.98. The summed E-state index contributed by atoms with van der Waals surface area (Å²) in [4.78, 5) is 0. The van der Waals surface area contributed by atoms with Gasteiger partial charge in [-0.25, -0.2) is 0 Å². The molecule has 5 fully saturated rings. The molecule has 0 amide bonds. The molecule has 0 radical (unpaired) electrons. The lowest BCUT2D eigenvalue weighted by Gasteiger charge is -2.43. The van der Waals surface area contributed by atoms with Crippen LogP contribution in [0.1, 0.15) is 168 Å². The van der Waals surface area contributed by atoms with Crippen molar-refractivity contribution in [1.29, 1.82) is 0 Å². The molecule has 0 aromatic heterocycles. The molecule has 0 N–H and O–H groups in total. The summed E-state index contributed by atoms with van der Waals surface area (Å²) in [6, 6.07) is 0. The van der Waals surface area contributed by atoms with Crippen molar-refractivity contribution in [2.45, 2.75) is 168 Å². The Balaban J connectivity index is 0.962. The first-order valence-corrected chi connectivity index (χ1v) is 21.7. The summed E-state index contributed by atoms with van der Waals surface area (Å²) in [5.74, 6) is 14.0. The highest BCUT2D eigenvalue weighted by molar-refractivity contribution is 5.20. The molecule has 0 aromatic carbocycles. The van der Waals surface area contributed by atoms with E-state index in [-0.39, 0.29) is 0 Å². The normalized spacial score (nSPS) is 47.0. The molecule has 0 heterocycles. The smallest absolute Gasteiger partial charge is 0.0109 e. The Hall–Kier alpha value is -0.780. The zero-order chi connectivity index (χ0) is 31.0. The third-order valence-electron chi connectivity index (χ3n) is 16.9. The average Bonchev–Trinajstić information content (AvgIpc) is 3.68. The summed E-state index contributed by atoms with van der Waals surface area (Å²) >= 11 is 0. The molecule has 0 nitrogen and oxygen atoms in total. The van der Waals surface area contributed by atoms with Crippen molar-refractivity contribution in [3.63, 3.8) is 0 Å². The van der Waals surface area contributed by atoms with Crippen molar-refractivity contribution in [3.05, 3.63) is 35.5 Å². The minimum absolute atomic E-state index is 0.810. The third-order valence-corrected chi connectivity index (χ3v) is 16.9. The van der Waals surface area contributed by atoms with Crippen LogP contribution in [-0.4, -0.2) is 0 Å². The summed E-state index contributed by atoms with van der Waals surface area (Å²) in [5, 5.41) is 0. The van der Waals surface area contributed by atoms with Gasteiger partial charge in [0.2, 0.25) is 0 Å². The average molecular weight is 625 g/mol. The number of allylic oxidation sites excluding steroid dienone is 6. The molecular weight excluding hydrogens is 553 g/mol. The van der Waals surface area contributed by atoms with Gasteiger partial charge in [-0.2, -0.15) is 0 Å². The molecule has 8 aliphatic rings. The molecule has 0 aromatic rings.